The van der Waals surface area contributed by atoms with Crippen molar-refractivity contribution < 1.29 is 4.74 Å². The van der Waals surface area contributed by atoms with Crippen molar-refractivity contribution in [3.05, 3.63) is 47.8 Å². The van der Waals surface area contributed by atoms with E-state index in [1.807, 2.05) is 24.0 Å². The number of fused-ring (bicyclic) bond motifs is 1. The van der Waals surface area contributed by atoms with Crippen LogP contribution >= 0.6 is 0 Å². The van der Waals surface area contributed by atoms with Crippen LogP contribution in [0.2, 0.25) is 0 Å². The maximum atomic E-state index is 5.80. The Hall–Kier alpha value is -1.81. The SMILES string of the molecule is CCCNC(c1ccn(C)n1)C1CCOc2ccccc21. The maximum Gasteiger partial charge on any atom is 0.122 e. The number of aryl methyl sites for hydroxylation is 1. The normalized spacial score (nSPS) is 18.9. The molecule has 112 valence electrons. The Labute approximate surface area is 126 Å². The van der Waals surface area contributed by atoms with Crippen LogP contribution in [-0.2, 0) is 7.05 Å². The highest BCUT2D eigenvalue weighted by atomic mass is 16.5. The van der Waals surface area contributed by atoms with Crippen molar-refractivity contribution in [2.75, 3.05) is 13.2 Å². The molecule has 0 spiro atoms. The van der Waals surface area contributed by atoms with Gasteiger partial charge in [-0.25, -0.2) is 0 Å². The second-order valence-corrected chi connectivity index (χ2v) is 5.63. The minimum absolute atomic E-state index is 0.246. The van der Waals surface area contributed by atoms with E-state index >= 15 is 0 Å². The quantitative estimate of drug-likeness (QED) is 0.918. The number of rotatable bonds is 5. The van der Waals surface area contributed by atoms with Gasteiger partial charge in [-0.2, -0.15) is 5.10 Å². The van der Waals surface area contributed by atoms with Gasteiger partial charge in [-0.3, -0.25) is 4.68 Å². The Balaban J connectivity index is 1.93. The predicted octanol–water partition coefficient (Wildman–Crippen LogP) is 3.03. The number of para-hydroxylation sites is 1. The molecule has 0 radical (unpaired) electrons. The summed E-state index contributed by atoms with van der Waals surface area (Å²) >= 11 is 0. The van der Waals surface area contributed by atoms with Gasteiger partial charge in [0.1, 0.15) is 5.75 Å². The molecule has 0 saturated heterocycles. The van der Waals surface area contributed by atoms with Gasteiger partial charge in [0.25, 0.3) is 0 Å². The molecule has 4 nitrogen and oxygen atoms in total. The van der Waals surface area contributed by atoms with E-state index in [0.717, 1.165) is 37.4 Å². The highest BCUT2D eigenvalue weighted by Gasteiger charge is 2.30. The molecule has 1 aliphatic rings. The fourth-order valence-electron chi connectivity index (χ4n) is 3.07. The first-order valence-electron chi connectivity index (χ1n) is 7.74. The van der Waals surface area contributed by atoms with Crippen molar-refractivity contribution in [2.45, 2.75) is 31.7 Å². The molecule has 2 unspecified atom stereocenters. The zero-order chi connectivity index (χ0) is 14.7. The molecule has 0 amide bonds. The Kier molecular flexibility index (Phi) is 4.25. The summed E-state index contributed by atoms with van der Waals surface area (Å²) in [6.45, 7) is 3.97. The molecule has 2 aromatic rings. The summed E-state index contributed by atoms with van der Waals surface area (Å²) in [7, 11) is 1.97. The minimum atomic E-state index is 0.246. The molecule has 1 aromatic carbocycles. The van der Waals surface area contributed by atoms with E-state index in [9.17, 15) is 0 Å². The van der Waals surface area contributed by atoms with Crippen LogP contribution in [-0.4, -0.2) is 22.9 Å². The standard InChI is InChI=1S/C17H23N3O/c1-3-10-18-17(15-8-11-20(2)19-15)14-9-12-21-16-7-5-4-6-13(14)16/h4-8,11,14,17-18H,3,9-10,12H2,1-2H3. The summed E-state index contributed by atoms with van der Waals surface area (Å²) in [5, 5.41) is 8.30. The first kappa shape index (κ1) is 14.1. The van der Waals surface area contributed by atoms with Gasteiger partial charge in [0.15, 0.2) is 0 Å². The van der Waals surface area contributed by atoms with Crippen LogP contribution in [0.15, 0.2) is 36.5 Å². The van der Waals surface area contributed by atoms with Crippen LogP contribution in [0.3, 0.4) is 0 Å². The summed E-state index contributed by atoms with van der Waals surface area (Å²) in [6, 6.07) is 10.7. The number of hydrogen-bond donors (Lipinski definition) is 1. The van der Waals surface area contributed by atoms with Crippen LogP contribution in [0.5, 0.6) is 5.75 Å². The number of benzene rings is 1. The van der Waals surface area contributed by atoms with Gasteiger partial charge in [0.05, 0.1) is 18.3 Å². The third-order valence-electron chi connectivity index (χ3n) is 4.07. The average molecular weight is 285 g/mol. The lowest BCUT2D eigenvalue weighted by atomic mass is 9.85. The Morgan fingerprint density at radius 3 is 3.00 bits per heavy atom. The van der Waals surface area contributed by atoms with Crippen molar-refractivity contribution in [3.8, 4) is 5.75 Å². The van der Waals surface area contributed by atoms with Gasteiger partial charge >= 0.3 is 0 Å². The predicted molar refractivity (Wildman–Crippen MR) is 83.5 cm³/mol. The largest absolute Gasteiger partial charge is 0.493 e. The molecule has 3 rings (SSSR count). The lowest BCUT2D eigenvalue weighted by molar-refractivity contribution is 0.244. The van der Waals surface area contributed by atoms with Gasteiger partial charge in [-0.15, -0.1) is 0 Å². The molecule has 0 aliphatic carbocycles. The van der Waals surface area contributed by atoms with Gasteiger partial charge in [0.2, 0.25) is 0 Å². The van der Waals surface area contributed by atoms with Gasteiger partial charge in [-0.1, -0.05) is 25.1 Å². The summed E-state index contributed by atoms with van der Waals surface area (Å²) < 4.78 is 7.67. The Morgan fingerprint density at radius 1 is 1.38 bits per heavy atom. The second-order valence-electron chi connectivity index (χ2n) is 5.63. The molecular weight excluding hydrogens is 262 g/mol. The summed E-state index contributed by atoms with van der Waals surface area (Å²) in [5.74, 6) is 1.43. The number of hydrogen-bond acceptors (Lipinski definition) is 3. The molecule has 1 aromatic heterocycles. The summed E-state index contributed by atoms with van der Waals surface area (Å²) in [6.07, 6.45) is 4.16. The third kappa shape index (κ3) is 2.95. The number of nitrogens with one attached hydrogen (secondary N) is 1. The highest BCUT2D eigenvalue weighted by Crippen LogP contribution is 2.40. The van der Waals surface area contributed by atoms with E-state index < -0.39 is 0 Å². The van der Waals surface area contributed by atoms with Gasteiger partial charge in [0, 0.05) is 19.2 Å². The second kappa shape index (κ2) is 6.31. The van der Waals surface area contributed by atoms with Gasteiger partial charge < -0.3 is 10.1 Å². The van der Waals surface area contributed by atoms with E-state index in [1.54, 1.807) is 0 Å². The van der Waals surface area contributed by atoms with Gasteiger partial charge in [-0.05, 0) is 37.1 Å². The smallest absolute Gasteiger partial charge is 0.122 e. The van der Waals surface area contributed by atoms with E-state index in [4.69, 9.17) is 4.74 Å². The van der Waals surface area contributed by atoms with E-state index in [2.05, 4.69) is 41.6 Å². The molecule has 0 saturated carbocycles. The summed E-state index contributed by atoms with van der Waals surface area (Å²) in [4.78, 5) is 0. The maximum absolute atomic E-state index is 5.80. The molecule has 1 N–H and O–H groups in total. The monoisotopic (exact) mass is 285 g/mol. The number of aromatic nitrogens is 2. The molecule has 4 heteroatoms. The minimum Gasteiger partial charge on any atom is -0.493 e. The molecule has 1 aliphatic heterocycles. The average Bonchev–Trinajstić information content (AvgIpc) is 2.94. The van der Waals surface area contributed by atoms with Crippen molar-refractivity contribution in [1.82, 2.24) is 15.1 Å². The van der Waals surface area contributed by atoms with Crippen molar-refractivity contribution in [2.24, 2.45) is 7.05 Å². The van der Waals surface area contributed by atoms with Crippen molar-refractivity contribution in [1.29, 1.82) is 0 Å². The molecule has 0 bridgehead atoms. The topological polar surface area (TPSA) is 39.1 Å². The Morgan fingerprint density at radius 2 is 2.24 bits per heavy atom. The van der Waals surface area contributed by atoms with Crippen LogP contribution in [0.1, 0.15) is 43.0 Å². The first-order chi connectivity index (χ1) is 10.3. The van der Waals surface area contributed by atoms with Crippen LogP contribution in [0, 0.1) is 0 Å². The van der Waals surface area contributed by atoms with E-state index in [0.29, 0.717) is 5.92 Å². The first-order valence-corrected chi connectivity index (χ1v) is 7.74. The van der Waals surface area contributed by atoms with E-state index in [-0.39, 0.29) is 6.04 Å². The number of ether oxygens (including phenoxy) is 1. The number of nitrogens with zero attached hydrogens (tertiary/aromatic N) is 2. The van der Waals surface area contributed by atoms with Crippen LogP contribution < -0.4 is 10.1 Å². The zero-order valence-electron chi connectivity index (χ0n) is 12.7. The fourth-order valence-corrected chi connectivity index (χ4v) is 3.07. The van der Waals surface area contributed by atoms with Crippen LogP contribution in [0.25, 0.3) is 0 Å². The molecular formula is C17H23N3O. The molecule has 21 heavy (non-hydrogen) atoms. The highest BCUT2D eigenvalue weighted by molar-refractivity contribution is 5.39. The van der Waals surface area contributed by atoms with Crippen LogP contribution in [0.4, 0.5) is 0 Å². The zero-order valence-corrected chi connectivity index (χ0v) is 12.7. The third-order valence-corrected chi connectivity index (χ3v) is 4.07. The van der Waals surface area contributed by atoms with E-state index in [1.165, 1.54) is 5.56 Å². The molecule has 2 atom stereocenters. The lowest BCUT2D eigenvalue weighted by Gasteiger charge is -2.32. The van der Waals surface area contributed by atoms with Crippen molar-refractivity contribution in [3.63, 3.8) is 0 Å². The van der Waals surface area contributed by atoms with Crippen molar-refractivity contribution >= 4 is 0 Å². The summed E-state index contributed by atoms with van der Waals surface area (Å²) in [5.41, 5.74) is 2.41. The fraction of sp³-hybridized carbons (Fsp3) is 0.471. The Bertz CT molecular complexity index is 593. The lowest BCUT2D eigenvalue weighted by Crippen LogP contribution is -2.31. The molecule has 2 heterocycles. The molecule has 0 fully saturated rings.